The van der Waals surface area contributed by atoms with E-state index in [1.807, 2.05) is 0 Å². The molecule has 0 bridgehead atoms. The van der Waals surface area contributed by atoms with Gasteiger partial charge in [-0.25, -0.2) is 9.78 Å². The van der Waals surface area contributed by atoms with Crippen molar-refractivity contribution in [3.8, 4) is 0 Å². The van der Waals surface area contributed by atoms with Crippen molar-refractivity contribution in [1.82, 2.24) is 14.9 Å². The molecule has 0 spiro atoms. The molecular formula is C14H15N3O4S. The predicted molar refractivity (Wildman–Crippen MR) is 81.4 cm³/mol. The highest BCUT2D eigenvalue weighted by Crippen LogP contribution is 2.23. The molecule has 0 aromatic carbocycles. The second-order valence-corrected chi connectivity index (χ2v) is 5.84. The third kappa shape index (κ3) is 3.06. The molecule has 0 radical (unpaired) electrons. The Morgan fingerprint density at radius 2 is 2.14 bits per heavy atom. The first-order chi connectivity index (χ1) is 10.3. The number of aromatic carboxylic acids is 1. The summed E-state index contributed by atoms with van der Waals surface area (Å²) in [4.78, 5) is 39.4. The molecule has 1 amide bonds. The highest BCUT2D eigenvalue weighted by atomic mass is 32.1. The van der Waals surface area contributed by atoms with Gasteiger partial charge in [-0.2, -0.15) is 0 Å². The molecule has 116 valence electrons. The molecule has 0 aliphatic carbocycles. The molecule has 0 aliphatic rings. The number of amides is 1. The second-order valence-electron chi connectivity index (χ2n) is 4.80. The quantitative estimate of drug-likeness (QED) is 0.885. The fraction of sp³-hybridized carbons (Fsp3) is 0.286. The number of carboxylic acid groups (broad SMARTS) is 1. The smallest absolute Gasteiger partial charge is 0.347 e. The van der Waals surface area contributed by atoms with Crippen LogP contribution in [0, 0.1) is 6.92 Å². The summed E-state index contributed by atoms with van der Waals surface area (Å²) in [6, 6.07) is 2.56. The van der Waals surface area contributed by atoms with Gasteiger partial charge in [-0.05, 0) is 26.0 Å². The maximum atomic E-state index is 12.2. The van der Waals surface area contributed by atoms with E-state index in [1.54, 1.807) is 33.2 Å². The molecule has 2 aromatic rings. The van der Waals surface area contributed by atoms with Crippen LogP contribution in [0.1, 0.15) is 43.7 Å². The van der Waals surface area contributed by atoms with Crippen LogP contribution in [0.3, 0.4) is 0 Å². The molecule has 22 heavy (non-hydrogen) atoms. The third-order valence-electron chi connectivity index (χ3n) is 3.09. The number of pyridine rings is 1. The average Bonchev–Trinajstić information content (AvgIpc) is 2.84. The monoisotopic (exact) mass is 321 g/mol. The molecule has 8 heteroatoms. The Kier molecular flexibility index (Phi) is 4.41. The van der Waals surface area contributed by atoms with E-state index >= 15 is 0 Å². The van der Waals surface area contributed by atoms with Crippen LogP contribution >= 0.6 is 11.3 Å². The molecular weight excluding hydrogens is 306 g/mol. The van der Waals surface area contributed by atoms with Crippen molar-refractivity contribution >= 4 is 23.2 Å². The molecule has 0 fully saturated rings. The number of aromatic nitrogens is 2. The topological polar surface area (TPSA) is 101 Å². The number of rotatable bonds is 4. The molecule has 7 nitrogen and oxygen atoms in total. The van der Waals surface area contributed by atoms with Gasteiger partial charge in [-0.15, -0.1) is 11.3 Å². The summed E-state index contributed by atoms with van der Waals surface area (Å²) < 4.78 is 1.32. The number of nitrogens with zero attached hydrogens (tertiary/aromatic N) is 2. The standard InChI is InChI=1S/C14H15N3O4S/c1-7-10(14(20)21)22-12(16-7)8(2)15-11(18)9-5-4-6-17(3)13(9)19/h4-6,8H,1-3H3,(H,15,18)(H,20,21). The van der Waals surface area contributed by atoms with Gasteiger partial charge in [0.2, 0.25) is 0 Å². The molecule has 1 atom stereocenters. The number of carboxylic acids is 1. The number of carbonyl (C=O) groups excluding carboxylic acids is 1. The first kappa shape index (κ1) is 15.9. The Bertz CT molecular complexity index is 794. The number of hydrogen-bond donors (Lipinski definition) is 2. The van der Waals surface area contributed by atoms with E-state index in [-0.39, 0.29) is 10.4 Å². The number of aryl methyl sites for hydroxylation is 2. The highest BCUT2D eigenvalue weighted by molar-refractivity contribution is 7.13. The summed E-state index contributed by atoms with van der Waals surface area (Å²) in [6.45, 7) is 3.29. The van der Waals surface area contributed by atoms with Crippen molar-refractivity contribution in [1.29, 1.82) is 0 Å². The van der Waals surface area contributed by atoms with Gasteiger partial charge < -0.3 is 15.0 Å². The SMILES string of the molecule is Cc1nc(C(C)NC(=O)c2cccn(C)c2=O)sc1C(=O)O. The Morgan fingerprint density at radius 3 is 2.73 bits per heavy atom. The maximum Gasteiger partial charge on any atom is 0.347 e. The average molecular weight is 321 g/mol. The van der Waals surface area contributed by atoms with Gasteiger partial charge in [0.1, 0.15) is 15.4 Å². The van der Waals surface area contributed by atoms with Crippen LogP contribution in [0.15, 0.2) is 23.1 Å². The zero-order valence-electron chi connectivity index (χ0n) is 12.3. The summed E-state index contributed by atoms with van der Waals surface area (Å²) in [5.41, 5.74) is 0.0431. The van der Waals surface area contributed by atoms with Crippen molar-refractivity contribution in [3.63, 3.8) is 0 Å². The van der Waals surface area contributed by atoms with Crippen molar-refractivity contribution in [3.05, 3.63) is 49.8 Å². The zero-order valence-corrected chi connectivity index (χ0v) is 13.1. The summed E-state index contributed by atoms with van der Waals surface area (Å²) in [6.07, 6.45) is 1.56. The number of nitrogens with one attached hydrogen (secondary N) is 1. The Hall–Kier alpha value is -2.48. The van der Waals surface area contributed by atoms with Crippen molar-refractivity contribution in [2.24, 2.45) is 7.05 Å². The Morgan fingerprint density at radius 1 is 1.45 bits per heavy atom. The van der Waals surface area contributed by atoms with Crippen LogP contribution in [-0.2, 0) is 7.05 Å². The van der Waals surface area contributed by atoms with Crippen LogP contribution in [0.4, 0.5) is 0 Å². The Balaban J connectivity index is 2.21. The normalized spacial score (nSPS) is 12.0. The van der Waals surface area contributed by atoms with Gasteiger partial charge in [0.05, 0.1) is 11.7 Å². The molecule has 2 aromatic heterocycles. The van der Waals surface area contributed by atoms with E-state index < -0.39 is 23.5 Å². The van der Waals surface area contributed by atoms with E-state index in [0.29, 0.717) is 10.7 Å². The van der Waals surface area contributed by atoms with E-state index in [1.165, 1.54) is 10.6 Å². The lowest BCUT2D eigenvalue weighted by Gasteiger charge is -2.11. The number of hydrogen-bond acceptors (Lipinski definition) is 5. The predicted octanol–water partition coefficient (Wildman–Crippen LogP) is 1.34. The van der Waals surface area contributed by atoms with Crippen LogP contribution in [0.5, 0.6) is 0 Å². The van der Waals surface area contributed by atoms with Crippen LogP contribution in [0.2, 0.25) is 0 Å². The first-order valence-corrected chi connectivity index (χ1v) is 7.30. The highest BCUT2D eigenvalue weighted by Gasteiger charge is 2.20. The minimum absolute atomic E-state index is 0.0311. The summed E-state index contributed by atoms with van der Waals surface area (Å²) in [5, 5.41) is 12.2. The summed E-state index contributed by atoms with van der Waals surface area (Å²) >= 11 is 1.01. The van der Waals surface area contributed by atoms with Gasteiger partial charge in [0, 0.05) is 13.2 Å². The molecule has 2 N–H and O–H groups in total. The lowest BCUT2D eigenvalue weighted by Crippen LogP contribution is -2.33. The van der Waals surface area contributed by atoms with E-state index in [0.717, 1.165) is 11.3 Å². The number of carbonyl (C=O) groups is 2. The van der Waals surface area contributed by atoms with Crippen molar-refractivity contribution in [2.45, 2.75) is 19.9 Å². The zero-order chi connectivity index (χ0) is 16.4. The maximum absolute atomic E-state index is 12.2. The second kappa shape index (κ2) is 6.10. The minimum Gasteiger partial charge on any atom is -0.477 e. The molecule has 2 heterocycles. The van der Waals surface area contributed by atoms with Crippen LogP contribution in [-0.4, -0.2) is 26.5 Å². The van der Waals surface area contributed by atoms with E-state index in [4.69, 9.17) is 5.11 Å². The van der Waals surface area contributed by atoms with Crippen LogP contribution in [0.25, 0.3) is 0 Å². The molecule has 2 rings (SSSR count). The van der Waals surface area contributed by atoms with Gasteiger partial charge >= 0.3 is 5.97 Å². The fourth-order valence-electron chi connectivity index (χ4n) is 1.91. The molecule has 1 unspecified atom stereocenters. The lowest BCUT2D eigenvalue weighted by molar-refractivity contribution is 0.0701. The van der Waals surface area contributed by atoms with E-state index in [2.05, 4.69) is 10.3 Å². The van der Waals surface area contributed by atoms with Crippen molar-refractivity contribution < 1.29 is 14.7 Å². The minimum atomic E-state index is -1.04. The Labute approximate surface area is 130 Å². The molecule has 0 saturated heterocycles. The molecule has 0 aliphatic heterocycles. The summed E-state index contributed by atoms with van der Waals surface area (Å²) in [5.74, 6) is -1.56. The van der Waals surface area contributed by atoms with Gasteiger partial charge in [0.25, 0.3) is 11.5 Å². The lowest BCUT2D eigenvalue weighted by atomic mass is 10.2. The van der Waals surface area contributed by atoms with Gasteiger partial charge in [-0.1, -0.05) is 0 Å². The fourth-order valence-corrected chi connectivity index (χ4v) is 2.82. The van der Waals surface area contributed by atoms with Gasteiger partial charge in [0.15, 0.2) is 0 Å². The number of thiazole rings is 1. The van der Waals surface area contributed by atoms with Gasteiger partial charge in [-0.3, -0.25) is 9.59 Å². The summed E-state index contributed by atoms with van der Waals surface area (Å²) in [7, 11) is 1.56. The van der Waals surface area contributed by atoms with Crippen molar-refractivity contribution in [2.75, 3.05) is 0 Å². The first-order valence-electron chi connectivity index (χ1n) is 6.48. The third-order valence-corrected chi connectivity index (χ3v) is 4.42. The molecule has 0 saturated carbocycles. The largest absolute Gasteiger partial charge is 0.477 e. The van der Waals surface area contributed by atoms with Crippen LogP contribution < -0.4 is 10.9 Å². The van der Waals surface area contributed by atoms with E-state index in [9.17, 15) is 14.4 Å².